The molecule has 120 valence electrons. The molecule has 5 nitrogen and oxygen atoms in total. The number of ether oxygens (including phenoxy) is 1. The first-order chi connectivity index (χ1) is 10.9. The van der Waals surface area contributed by atoms with Gasteiger partial charge in [-0.25, -0.2) is 9.18 Å². The second kappa shape index (κ2) is 7.11. The van der Waals surface area contributed by atoms with E-state index in [2.05, 4.69) is 5.32 Å². The maximum absolute atomic E-state index is 13.2. The van der Waals surface area contributed by atoms with Crippen LogP contribution in [0.5, 0.6) is 5.75 Å². The van der Waals surface area contributed by atoms with Crippen LogP contribution in [0.1, 0.15) is 10.4 Å². The molecule has 0 aliphatic carbocycles. The summed E-state index contributed by atoms with van der Waals surface area (Å²) in [5, 5.41) is 2.83. The lowest BCUT2D eigenvalue weighted by atomic mass is 10.2. The van der Waals surface area contributed by atoms with Crippen LogP contribution in [0.4, 0.5) is 14.9 Å². The SMILES string of the molecule is CN(C)C(=O)Oc1ccc(Cl)cc1C(=O)Nc1cccc(F)c1. The predicted octanol–water partition coefficient (Wildman–Crippen LogP) is 3.79. The molecule has 0 atom stereocenters. The van der Waals surface area contributed by atoms with Crippen LogP contribution in [0.3, 0.4) is 0 Å². The third kappa shape index (κ3) is 4.43. The predicted molar refractivity (Wildman–Crippen MR) is 85.5 cm³/mol. The van der Waals surface area contributed by atoms with Gasteiger partial charge < -0.3 is 15.0 Å². The smallest absolute Gasteiger partial charge is 0.409 e. The highest BCUT2D eigenvalue weighted by molar-refractivity contribution is 6.31. The van der Waals surface area contributed by atoms with Crippen molar-refractivity contribution in [2.45, 2.75) is 0 Å². The van der Waals surface area contributed by atoms with E-state index < -0.39 is 17.8 Å². The Balaban J connectivity index is 2.28. The molecule has 0 radical (unpaired) electrons. The van der Waals surface area contributed by atoms with Gasteiger partial charge in [0.1, 0.15) is 11.6 Å². The quantitative estimate of drug-likeness (QED) is 0.927. The molecule has 2 aromatic rings. The summed E-state index contributed by atoms with van der Waals surface area (Å²) in [7, 11) is 3.04. The van der Waals surface area contributed by atoms with Crippen LogP contribution in [0, 0.1) is 5.82 Å². The summed E-state index contributed by atoms with van der Waals surface area (Å²) in [6.45, 7) is 0. The maximum Gasteiger partial charge on any atom is 0.414 e. The van der Waals surface area contributed by atoms with Crippen molar-refractivity contribution in [2.75, 3.05) is 19.4 Å². The zero-order valence-corrected chi connectivity index (χ0v) is 13.2. The second-order valence-corrected chi connectivity index (χ2v) is 5.30. The summed E-state index contributed by atoms with van der Waals surface area (Å²) >= 11 is 5.90. The summed E-state index contributed by atoms with van der Waals surface area (Å²) in [6, 6.07) is 9.73. The van der Waals surface area contributed by atoms with E-state index in [0.29, 0.717) is 5.02 Å². The van der Waals surface area contributed by atoms with Gasteiger partial charge in [-0.15, -0.1) is 0 Å². The van der Waals surface area contributed by atoms with Gasteiger partial charge in [-0.05, 0) is 36.4 Å². The van der Waals surface area contributed by atoms with Crippen LogP contribution in [0.25, 0.3) is 0 Å². The first-order valence-corrected chi connectivity index (χ1v) is 7.00. The number of rotatable bonds is 3. The molecule has 0 aliphatic rings. The molecular weight excluding hydrogens is 323 g/mol. The van der Waals surface area contributed by atoms with E-state index in [-0.39, 0.29) is 17.0 Å². The van der Waals surface area contributed by atoms with Gasteiger partial charge in [-0.3, -0.25) is 4.79 Å². The van der Waals surface area contributed by atoms with Gasteiger partial charge in [0.05, 0.1) is 5.56 Å². The Hall–Kier alpha value is -2.60. The zero-order valence-electron chi connectivity index (χ0n) is 12.5. The van der Waals surface area contributed by atoms with E-state index in [1.54, 1.807) is 0 Å². The number of hydrogen-bond donors (Lipinski definition) is 1. The molecule has 0 saturated heterocycles. The first kappa shape index (κ1) is 16.8. The zero-order chi connectivity index (χ0) is 17.0. The Kier molecular flexibility index (Phi) is 5.18. The van der Waals surface area contributed by atoms with Crippen LogP contribution in [0.15, 0.2) is 42.5 Å². The molecule has 0 spiro atoms. The number of anilines is 1. The molecule has 7 heteroatoms. The molecule has 0 heterocycles. The van der Waals surface area contributed by atoms with Crippen molar-refractivity contribution in [3.8, 4) is 5.75 Å². The Bertz CT molecular complexity index is 750. The fraction of sp³-hybridized carbons (Fsp3) is 0.125. The van der Waals surface area contributed by atoms with Crippen LogP contribution in [-0.2, 0) is 0 Å². The average molecular weight is 337 g/mol. The fourth-order valence-corrected chi connectivity index (χ4v) is 1.89. The standard InChI is InChI=1S/C16H14ClFN2O3/c1-20(2)16(22)23-14-7-6-10(17)8-13(14)15(21)19-12-5-3-4-11(18)9-12/h3-9H,1-2H3,(H,19,21). The molecule has 0 aliphatic heterocycles. The number of nitrogens with zero attached hydrogens (tertiary/aromatic N) is 1. The van der Waals surface area contributed by atoms with Crippen molar-refractivity contribution in [3.05, 3.63) is 58.9 Å². The van der Waals surface area contributed by atoms with E-state index in [9.17, 15) is 14.0 Å². The third-order valence-corrected chi connectivity index (χ3v) is 3.07. The van der Waals surface area contributed by atoms with E-state index in [1.807, 2.05) is 0 Å². The second-order valence-electron chi connectivity index (χ2n) is 4.87. The Morgan fingerprint density at radius 3 is 2.57 bits per heavy atom. The van der Waals surface area contributed by atoms with E-state index in [4.69, 9.17) is 16.3 Å². The van der Waals surface area contributed by atoms with Gasteiger partial charge in [-0.2, -0.15) is 0 Å². The molecule has 2 aromatic carbocycles. The van der Waals surface area contributed by atoms with E-state index in [1.165, 1.54) is 61.5 Å². The number of amides is 2. The van der Waals surface area contributed by atoms with Crippen molar-refractivity contribution in [2.24, 2.45) is 0 Å². The number of halogens is 2. The Labute approximate surface area is 137 Å². The summed E-state index contributed by atoms with van der Waals surface area (Å²) in [5.74, 6) is -0.991. The van der Waals surface area contributed by atoms with E-state index in [0.717, 1.165) is 0 Å². The monoisotopic (exact) mass is 336 g/mol. The minimum absolute atomic E-state index is 0.0574. The first-order valence-electron chi connectivity index (χ1n) is 6.62. The molecule has 0 aromatic heterocycles. The fourth-order valence-electron chi connectivity index (χ4n) is 1.72. The molecule has 2 rings (SSSR count). The molecule has 0 fully saturated rings. The molecular formula is C16H14ClFN2O3. The number of nitrogens with one attached hydrogen (secondary N) is 1. The van der Waals surface area contributed by atoms with Crippen molar-refractivity contribution in [1.82, 2.24) is 4.90 Å². The van der Waals surface area contributed by atoms with Crippen LogP contribution >= 0.6 is 11.6 Å². The Morgan fingerprint density at radius 2 is 1.91 bits per heavy atom. The van der Waals surface area contributed by atoms with Crippen LogP contribution in [0.2, 0.25) is 5.02 Å². The lowest BCUT2D eigenvalue weighted by molar-refractivity contribution is 0.102. The average Bonchev–Trinajstić information content (AvgIpc) is 2.48. The van der Waals surface area contributed by atoms with Crippen molar-refractivity contribution in [1.29, 1.82) is 0 Å². The Morgan fingerprint density at radius 1 is 1.17 bits per heavy atom. The highest BCUT2D eigenvalue weighted by Crippen LogP contribution is 2.24. The molecule has 1 N–H and O–H groups in total. The normalized spacial score (nSPS) is 10.1. The minimum Gasteiger partial charge on any atom is -0.409 e. The van der Waals surface area contributed by atoms with Crippen molar-refractivity contribution >= 4 is 29.3 Å². The molecule has 2 amide bonds. The van der Waals surface area contributed by atoms with Crippen molar-refractivity contribution in [3.63, 3.8) is 0 Å². The maximum atomic E-state index is 13.2. The molecule has 0 saturated carbocycles. The number of carbonyl (C=O) groups excluding carboxylic acids is 2. The number of benzene rings is 2. The summed E-state index contributed by atoms with van der Waals surface area (Å²) in [4.78, 5) is 25.2. The highest BCUT2D eigenvalue weighted by atomic mass is 35.5. The summed E-state index contributed by atoms with van der Waals surface area (Å²) in [5.41, 5.74) is 0.344. The largest absolute Gasteiger partial charge is 0.414 e. The molecule has 0 bridgehead atoms. The van der Waals surface area contributed by atoms with Crippen LogP contribution < -0.4 is 10.1 Å². The number of hydrogen-bond acceptors (Lipinski definition) is 3. The molecule has 0 unspecified atom stereocenters. The van der Waals surface area contributed by atoms with Gasteiger partial charge in [0.2, 0.25) is 0 Å². The highest BCUT2D eigenvalue weighted by Gasteiger charge is 2.17. The topological polar surface area (TPSA) is 58.6 Å². The number of carbonyl (C=O) groups is 2. The van der Waals surface area contributed by atoms with Gasteiger partial charge in [0.25, 0.3) is 5.91 Å². The lowest BCUT2D eigenvalue weighted by Gasteiger charge is -2.14. The van der Waals surface area contributed by atoms with Crippen molar-refractivity contribution < 1.29 is 18.7 Å². The van der Waals surface area contributed by atoms with Crippen LogP contribution in [-0.4, -0.2) is 31.0 Å². The minimum atomic E-state index is -0.632. The lowest BCUT2D eigenvalue weighted by Crippen LogP contribution is -2.26. The molecule has 23 heavy (non-hydrogen) atoms. The van der Waals surface area contributed by atoms with Gasteiger partial charge in [-0.1, -0.05) is 17.7 Å². The summed E-state index contributed by atoms with van der Waals surface area (Å²) in [6.07, 6.45) is -0.632. The van der Waals surface area contributed by atoms with Gasteiger partial charge >= 0.3 is 6.09 Å². The van der Waals surface area contributed by atoms with Gasteiger partial charge in [0, 0.05) is 24.8 Å². The third-order valence-electron chi connectivity index (χ3n) is 2.83. The summed E-state index contributed by atoms with van der Waals surface area (Å²) < 4.78 is 18.3. The van der Waals surface area contributed by atoms with E-state index >= 15 is 0 Å². The van der Waals surface area contributed by atoms with Gasteiger partial charge in [0.15, 0.2) is 0 Å².